The Kier molecular flexibility index (Phi) is 6.99. The van der Waals surface area contributed by atoms with E-state index in [1.165, 1.54) is 13.2 Å². The number of nitriles is 2. The Morgan fingerprint density at radius 2 is 1.96 bits per heavy atom. The number of benzene rings is 2. The van der Waals surface area contributed by atoms with Gasteiger partial charge in [0.05, 0.1) is 11.6 Å². The number of nitrogens with one attached hydrogen (secondary N) is 1. The first-order chi connectivity index (χ1) is 13.0. The molecule has 0 radical (unpaired) electrons. The molecule has 7 heteroatoms. The highest BCUT2D eigenvalue weighted by atomic mass is 79.9. The Bertz CT molecular complexity index is 954. The first kappa shape index (κ1) is 20.0. The number of carbonyl (C=O) groups excluding carboxylic acids is 1. The summed E-state index contributed by atoms with van der Waals surface area (Å²) in [6, 6.07) is 14.4. The molecule has 0 heterocycles. The number of rotatable bonds is 6. The predicted octanol–water partition coefficient (Wildman–Crippen LogP) is 4.21. The highest BCUT2D eigenvalue weighted by Gasteiger charge is 2.14. The van der Waals surface area contributed by atoms with Gasteiger partial charge in [-0.1, -0.05) is 17.7 Å². The Hall–Kier alpha value is -3.29. The molecule has 0 aliphatic carbocycles. The number of nitrogens with zero attached hydrogens (tertiary/aromatic N) is 2. The average Bonchev–Trinajstić information content (AvgIpc) is 2.66. The second-order valence-electron chi connectivity index (χ2n) is 5.47. The van der Waals surface area contributed by atoms with Crippen molar-refractivity contribution in [1.82, 2.24) is 0 Å². The van der Waals surface area contributed by atoms with Crippen molar-refractivity contribution in [1.29, 1.82) is 10.5 Å². The minimum atomic E-state index is -0.513. The van der Waals surface area contributed by atoms with Crippen molar-refractivity contribution in [3.63, 3.8) is 0 Å². The summed E-state index contributed by atoms with van der Waals surface area (Å²) in [5, 5.41) is 20.7. The van der Waals surface area contributed by atoms with Gasteiger partial charge in [-0.05, 0) is 58.8 Å². The molecule has 0 fully saturated rings. The van der Waals surface area contributed by atoms with Crippen LogP contribution in [0.4, 0.5) is 5.69 Å². The van der Waals surface area contributed by atoms with Crippen LogP contribution < -0.4 is 14.8 Å². The van der Waals surface area contributed by atoms with Crippen LogP contribution in [0, 0.1) is 29.6 Å². The SMILES string of the molecule is COc1cc(C=C(C#N)C(=O)Nc2ccc(C)cc2)cc(Br)c1OCC#N. The Morgan fingerprint density at radius 3 is 2.56 bits per heavy atom. The van der Waals surface area contributed by atoms with Crippen LogP contribution in [0.1, 0.15) is 11.1 Å². The molecular formula is C20H16BrN3O3. The van der Waals surface area contributed by atoms with Crippen LogP contribution in [-0.2, 0) is 4.79 Å². The minimum Gasteiger partial charge on any atom is -0.493 e. The lowest BCUT2D eigenvalue weighted by Crippen LogP contribution is -2.13. The lowest BCUT2D eigenvalue weighted by molar-refractivity contribution is -0.112. The number of methoxy groups -OCH3 is 1. The van der Waals surface area contributed by atoms with Crippen molar-refractivity contribution in [2.24, 2.45) is 0 Å². The molecule has 6 nitrogen and oxygen atoms in total. The van der Waals surface area contributed by atoms with Gasteiger partial charge in [0.25, 0.3) is 5.91 Å². The van der Waals surface area contributed by atoms with Crippen LogP contribution in [0.2, 0.25) is 0 Å². The largest absolute Gasteiger partial charge is 0.493 e. The Balaban J connectivity index is 2.29. The maximum absolute atomic E-state index is 12.4. The lowest BCUT2D eigenvalue weighted by Gasteiger charge is -2.11. The van der Waals surface area contributed by atoms with Crippen molar-refractivity contribution in [3.05, 3.63) is 57.6 Å². The third kappa shape index (κ3) is 5.34. The predicted molar refractivity (Wildman–Crippen MR) is 105 cm³/mol. The van der Waals surface area contributed by atoms with Gasteiger partial charge in [-0.3, -0.25) is 4.79 Å². The van der Waals surface area contributed by atoms with Gasteiger partial charge in [0, 0.05) is 5.69 Å². The second-order valence-corrected chi connectivity index (χ2v) is 6.33. The molecule has 0 saturated carbocycles. The van der Waals surface area contributed by atoms with E-state index in [-0.39, 0.29) is 12.2 Å². The summed E-state index contributed by atoms with van der Waals surface area (Å²) in [4.78, 5) is 12.4. The van der Waals surface area contributed by atoms with E-state index in [0.717, 1.165) is 5.56 Å². The van der Waals surface area contributed by atoms with E-state index in [2.05, 4.69) is 21.2 Å². The third-order valence-electron chi connectivity index (χ3n) is 3.52. The topological polar surface area (TPSA) is 95.1 Å². The Labute approximate surface area is 165 Å². The van der Waals surface area contributed by atoms with Gasteiger partial charge in [-0.2, -0.15) is 10.5 Å². The summed E-state index contributed by atoms with van der Waals surface area (Å²) in [7, 11) is 1.46. The van der Waals surface area contributed by atoms with Gasteiger partial charge in [0.2, 0.25) is 0 Å². The van der Waals surface area contributed by atoms with E-state index in [1.807, 2.05) is 31.2 Å². The fourth-order valence-corrected chi connectivity index (χ4v) is 2.79. The van der Waals surface area contributed by atoms with Crippen molar-refractivity contribution in [2.45, 2.75) is 6.92 Å². The number of hydrogen-bond acceptors (Lipinski definition) is 5. The smallest absolute Gasteiger partial charge is 0.266 e. The summed E-state index contributed by atoms with van der Waals surface area (Å²) in [5.41, 5.74) is 2.18. The second kappa shape index (κ2) is 9.42. The van der Waals surface area contributed by atoms with Crippen LogP contribution in [0.25, 0.3) is 6.08 Å². The van der Waals surface area contributed by atoms with Gasteiger partial charge >= 0.3 is 0 Å². The van der Waals surface area contributed by atoms with Gasteiger partial charge in [0.1, 0.15) is 17.7 Å². The van der Waals surface area contributed by atoms with Crippen LogP contribution >= 0.6 is 15.9 Å². The molecule has 0 spiro atoms. The molecule has 0 saturated heterocycles. The van der Waals surface area contributed by atoms with Gasteiger partial charge in [-0.15, -0.1) is 0 Å². The van der Waals surface area contributed by atoms with Crippen LogP contribution in [0.15, 0.2) is 46.4 Å². The molecule has 2 aromatic carbocycles. The molecule has 136 valence electrons. The number of anilines is 1. The number of aryl methyl sites for hydroxylation is 1. The molecule has 2 aromatic rings. The van der Waals surface area contributed by atoms with Gasteiger partial charge in [-0.25, -0.2) is 0 Å². The molecule has 1 N–H and O–H groups in total. The fourth-order valence-electron chi connectivity index (χ4n) is 2.22. The van der Waals surface area contributed by atoms with Gasteiger partial charge in [0.15, 0.2) is 18.1 Å². The number of carbonyl (C=O) groups is 1. The van der Waals surface area contributed by atoms with E-state index in [9.17, 15) is 10.1 Å². The normalized spacial score (nSPS) is 10.5. The number of halogens is 1. The first-order valence-electron chi connectivity index (χ1n) is 7.85. The third-order valence-corrected chi connectivity index (χ3v) is 4.11. The number of amides is 1. The fraction of sp³-hybridized carbons (Fsp3) is 0.150. The van der Waals surface area contributed by atoms with Gasteiger partial charge < -0.3 is 14.8 Å². The minimum absolute atomic E-state index is 0.0600. The molecule has 0 aliphatic heterocycles. The molecule has 0 aliphatic rings. The average molecular weight is 426 g/mol. The van der Waals surface area contributed by atoms with Crippen molar-refractivity contribution in [2.75, 3.05) is 19.0 Å². The maximum atomic E-state index is 12.4. The van der Waals surface area contributed by atoms with Crippen LogP contribution in [0.3, 0.4) is 0 Å². The van der Waals surface area contributed by atoms with E-state index >= 15 is 0 Å². The standard InChI is InChI=1S/C20H16BrN3O3/c1-13-3-5-16(6-4-13)24-20(25)15(12-23)9-14-10-17(21)19(27-8-7-22)18(11-14)26-2/h3-6,9-11H,8H2,1-2H3,(H,24,25). The van der Waals surface area contributed by atoms with E-state index < -0.39 is 5.91 Å². The molecule has 0 bridgehead atoms. The summed E-state index contributed by atoms with van der Waals surface area (Å²) in [6.07, 6.45) is 1.45. The quantitative estimate of drug-likeness (QED) is 0.552. The molecular weight excluding hydrogens is 410 g/mol. The zero-order chi connectivity index (χ0) is 19.8. The first-order valence-corrected chi connectivity index (χ1v) is 8.65. The van der Waals surface area contributed by atoms with Crippen LogP contribution in [-0.4, -0.2) is 19.6 Å². The number of hydrogen-bond donors (Lipinski definition) is 1. The monoisotopic (exact) mass is 425 g/mol. The number of ether oxygens (including phenoxy) is 2. The van der Waals surface area contributed by atoms with E-state index in [0.29, 0.717) is 27.2 Å². The van der Waals surface area contributed by atoms with E-state index in [4.69, 9.17) is 14.7 Å². The molecule has 0 atom stereocenters. The lowest BCUT2D eigenvalue weighted by atomic mass is 10.1. The highest BCUT2D eigenvalue weighted by Crippen LogP contribution is 2.37. The maximum Gasteiger partial charge on any atom is 0.266 e. The molecule has 0 unspecified atom stereocenters. The zero-order valence-electron chi connectivity index (χ0n) is 14.7. The summed E-state index contributed by atoms with van der Waals surface area (Å²) >= 11 is 3.35. The molecule has 1 amide bonds. The van der Waals surface area contributed by atoms with Crippen molar-refractivity contribution in [3.8, 4) is 23.6 Å². The molecule has 2 rings (SSSR count). The highest BCUT2D eigenvalue weighted by molar-refractivity contribution is 9.10. The summed E-state index contributed by atoms with van der Waals surface area (Å²) < 4.78 is 11.1. The molecule has 0 aromatic heterocycles. The zero-order valence-corrected chi connectivity index (χ0v) is 16.3. The Morgan fingerprint density at radius 1 is 1.26 bits per heavy atom. The summed E-state index contributed by atoms with van der Waals surface area (Å²) in [6.45, 7) is 1.81. The molecule has 27 heavy (non-hydrogen) atoms. The summed E-state index contributed by atoms with van der Waals surface area (Å²) in [5.74, 6) is 0.238. The van der Waals surface area contributed by atoms with Crippen LogP contribution in [0.5, 0.6) is 11.5 Å². The van der Waals surface area contributed by atoms with Crippen molar-refractivity contribution < 1.29 is 14.3 Å². The van der Waals surface area contributed by atoms with Crippen molar-refractivity contribution >= 4 is 33.6 Å². The van der Waals surface area contributed by atoms with E-state index in [1.54, 1.807) is 24.3 Å².